The minimum absolute atomic E-state index is 0.108. The number of aryl methyl sites for hydroxylation is 2. The summed E-state index contributed by atoms with van der Waals surface area (Å²) in [4.78, 5) is 37.2. The van der Waals surface area contributed by atoms with Crippen molar-refractivity contribution >= 4 is 23.2 Å². The molecule has 0 radical (unpaired) electrons. The molecule has 7 heteroatoms. The highest BCUT2D eigenvalue weighted by atomic mass is 19.1. The van der Waals surface area contributed by atoms with Crippen LogP contribution in [0.4, 0.5) is 15.8 Å². The highest BCUT2D eigenvalue weighted by molar-refractivity contribution is 6.11. The van der Waals surface area contributed by atoms with Crippen LogP contribution < -0.4 is 10.2 Å². The maximum absolute atomic E-state index is 13.8. The first-order valence-corrected chi connectivity index (χ1v) is 10.7. The molecule has 3 aromatic carbocycles. The van der Waals surface area contributed by atoms with E-state index >= 15 is 0 Å². The van der Waals surface area contributed by atoms with Crippen molar-refractivity contribution in [2.75, 3.05) is 10.2 Å². The molecule has 1 aromatic heterocycles. The summed E-state index contributed by atoms with van der Waals surface area (Å²) in [5.74, 6) is -1.33. The molecule has 1 atom stereocenters. The van der Waals surface area contributed by atoms with Gasteiger partial charge in [-0.05, 0) is 66.9 Å². The predicted octanol–water partition coefficient (Wildman–Crippen LogP) is 5.26. The molecule has 4 rings (SSSR count). The molecule has 0 spiro atoms. The fourth-order valence-corrected chi connectivity index (χ4v) is 3.73. The Morgan fingerprint density at radius 3 is 2.38 bits per heavy atom. The fraction of sp³-hybridized carbons (Fsp3) is 0.111. The minimum atomic E-state index is -1.03. The lowest BCUT2D eigenvalue weighted by atomic mass is 9.97. The summed E-state index contributed by atoms with van der Waals surface area (Å²) in [5.41, 5.74) is 3.49. The van der Waals surface area contributed by atoms with Crippen LogP contribution in [0.25, 0.3) is 0 Å². The molecule has 0 aliphatic rings. The second-order valence-corrected chi connectivity index (χ2v) is 7.86. The summed E-state index contributed by atoms with van der Waals surface area (Å²) < 4.78 is 13.4. The molecular formula is C27H23FN4O2. The van der Waals surface area contributed by atoms with E-state index in [1.807, 2.05) is 56.3 Å². The quantitative estimate of drug-likeness (QED) is 0.431. The Balaban J connectivity index is 1.87. The van der Waals surface area contributed by atoms with Crippen LogP contribution >= 0.6 is 0 Å². The number of amides is 2. The van der Waals surface area contributed by atoms with Gasteiger partial charge in [-0.1, -0.05) is 36.4 Å². The molecule has 34 heavy (non-hydrogen) atoms. The molecule has 0 aliphatic heterocycles. The molecule has 1 N–H and O–H groups in total. The van der Waals surface area contributed by atoms with Crippen LogP contribution in [0.2, 0.25) is 0 Å². The van der Waals surface area contributed by atoms with E-state index in [2.05, 4.69) is 15.3 Å². The van der Waals surface area contributed by atoms with Crippen molar-refractivity contribution < 1.29 is 14.0 Å². The second kappa shape index (κ2) is 10.0. The van der Waals surface area contributed by atoms with Gasteiger partial charge in [-0.15, -0.1) is 0 Å². The molecule has 1 heterocycles. The number of hydrogen-bond donors (Lipinski definition) is 1. The first kappa shape index (κ1) is 22.8. The Kier molecular flexibility index (Phi) is 6.73. The summed E-state index contributed by atoms with van der Waals surface area (Å²) in [6, 6.07) is 19.2. The van der Waals surface area contributed by atoms with E-state index in [-0.39, 0.29) is 5.69 Å². The summed E-state index contributed by atoms with van der Waals surface area (Å²) in [6.07, 6.45) is 4.29. The van der Waals surface area contributed by atoms with E-state index in [4.69, 9.17) is 0 Å². The van der Waals surface area contributed by atoms with E-state index in [9.17, 15) is 14.0 Å². The van der Waals surface area contributed by atoms with Crippen molar-refractivity contribution in [3.8, 4) is 0 Å². The van der Waals surface area contributed by atoms with Crippen molar-refractivity contribution in [3.05, 3.63) is 120 Å². The number of hydrogen-bond acceptors (Lipinski definition) is 4. The first-order chi connectivity index (χ1) is 16.4. The van der Waals surface area contributed by atoms with Crippen LogP contribution in [-0.4, -0.2) is 21.8 Å². The average Bonchev–Trinajstić information content (AvgIpc) is 2.84. The lowest BCUT2D eigenvalue weighted by molar-refractivity contribution is -0.117. The van der Waals surface area contributed by atoms with Gasteiger partial charge in [0.2, 0.25) is 0 Å². The SMILES string of the molecule is Cc1cccc(N(C(=O)c2cnccn2)[C@@H](C(=O)Nc2ccc(F)cc2)c2ccccc2C)c1. The molecule has 0 bridgehead atoms. The monoisotopic (exact) mass is 454 g/mol. The van der Waals surface area contributed by atoms with E-state index < -0.39 is 23.7 Å². The van der Waals surface area contributed by atoms with Crippen LogP contribution in [-0.2, 0) is 4.79 Å². The third-order valence-corrected chi connectivity index (χ3v) is 5.38. The fourth-order valence-electron chi connectivity index (χ4n) is 3.73. The lowest BCUT2D eigenvalue weighted by Crippen LogP contribution is -2.42. The number of carbonyl (C=O) groups is 2. The van der Waals surface area contributed by atoms with Gasteiger partial charge < -0.3 is 5.32 Å². The van der Waals surface area contributed by atoms with Gasteiger partial charge in [0, 0.05) is 23.8 Å². The number of nitrogens with one attached hydrogen (secondary N) is 1. The standard InChI is InChI=1S/C27H23FN4O2/c1-18-6-5-8-22(16-18)32(27(34)24-17-29-14-15-30-24)25(23-9-4-3-7-19(23)2)26(33)31-21-12-10-20(28)11-13-21/h3-17,25H,1-2H3,(H,31,33)/t25-/m1/s1. The number of rotatable bonds is 6. The number of benzene rings is 3. The lowest BCUT2D eigenvalue weighted by Gasteiger charge is -2.32. The topological polar surface area (TPSA) is 75.2 Å². The Labute approximate surface area is 197 Å². The van der Waals surface area contributed by atoms with Crippen molar-refractivity contribution in [1.82, 2.24) is 9.97 Å². The Morgan fingerprint density at radius 1 is 0.941 bits per heavy atom. The van der Waals surface area contributed by atoms with Gasteiger partial charge in [0.1, 0.15) is 17.6 Å². The normalized spacial score (nSPS) is 11.5. The summed E-state index contributed by atoms with van der Waals surface area (Å²) in [5, 5.41) is 2.83. The summed E-state index contributed by atoms with van der Waals surface area (Å²) in [7, 11) is 0. The molecule has 0 saturated heterocycles. The molecule has 2 amide bonds. The highest BCUT2D eigenvalue weighted by Gasteiger charge is 2.35. The van der Waals surface area contributed by atoms with E-state index in [0.717, 1.165) is 11.1 Å². The molecule has 0 unspecified atom stereocenters. The van der Waals surface area contributed by atoms with Gasteiger partial charge in [-0.25, -0.2) is 9.37 Å². The maximum atomic E-state index is 13.8. The van der Waals surface area contributed by atoms with Crippen LogP contribution in [0.5, 0.6) is 0 Å². The minimum Gasteiger partial charge on any atom is -0.324 e. The van der Waals surface area contributed by atoms with E-state index in [1.54, 1.807) is 6.07 Å². The molecular weight excluding hydrogens is 431 g/mol. The van der Waals surface area contributed by atoms with Crippen molar-refractivity contribution in [3.63, 3.8) is 0 Å². The third kappa shape index (κ3) is 4.99. The van der Waals surface area contributed by atoms with Gasteiger partial charge in [-0.2, -0.15) is 0 Å². The van der Waals surface area contributed by atoms with E-state index in [1.165, 1.54) is 47.8 Å². The van der Waals surface area contributed by atoms with Crippen LogP contribution in [0.1, 0.15) is 33.2 Å². The number of anilines is 2. The largest absolute Gasteiger partial charge is 0.324 e. The van der Waals surface area contributed by atoms with E-state index in [0.29, 0.717) is 16.9 Å². The first-order valence-electron chi connectivity index (χ1n) is 10.7. The van der Waals surface area contributed by atoms with Gasteiger partial charge >= 0.3 is 0 Å². The van der Waals surface area contributed by atoms with Gasteiger partial charge in [0.25, 0.3) is 11.8 Å². The summed E-state index contributed by atoms with van der Waals surface area (Å²) >= 11 is 0. The number of nitrogens with zero attached hydrogens (tertiary/aromatic N) is 3. The number of halogens is 1. The second-order valence-electron chi connectivity index (χ2n) is 7.86. The maximum Gasteiger partial charge on any atom is 0.279 e. The van der Waals surface area contributed by atoms with Crippen molar-refractivity contribution in [2.24, 2.45) is 0 Å². The number of carbonyl (C=O) groups excluding carboxylic acids is 2. The molecule has 170 valence electrons. The molecule has 0 aliphatic carbocycles. The van der Waals surface area contributed by atoms with Crippen LogP contribution in [0.3, 0.4) is 0 Å². The summed E-state index contributed by atoms with van der Waals surface area (Å²) in [6.45, 7) is 3.80. The zero-order valence-corrected chi connectivity index (χ0v) is 18.8. The third-order valence-electron chi connectivity index (χ3n) is 5.38. The average molecular weight is 455 g/mol. The molecule has 4 aromatic rings. The Hall–Kier alpha value is -4.39. The Bertz CT molecular complexity index is 1310. The Morgan fingerprint density at radius 2 is 1.71 bits per heavy atom. The van der Waals surface area contributed by atoms with Gasteiger partial charge in [-0.3, -0.25) is 19.5 Å². The van der Waals surface area contributed by atoms with Gasteiger partial charge in [0.15, 0.2) is 0 Å². The van der Waals surface area contributed by atoms with Crippen molar-refractivity contribution in [1.29, 1.82) is 0 Å². The molecule has 6 nitrogen and oxygen atoms in total. The van der Waals surface area contributed by atoms with Crippen LogP contribution in [0, 0.1) is 19.7 Å². The zero-order valence-electron chi connectivity index (χ0n) is 18.8. The van der Waals surface area contributed by atoms with Crippen LogP contribution in [0.15, 0.2) is 91.4 Å². The highest BCUT2D eigenvalue weighted by Crippen LogP contribution is 2.32. The predicted molar refractivity (Wildman–Crippen MR) is 129 cm³/mol. The smallest absolute Gasteiger partial charge is 0.279 e. The molecule has 0 saturated carbocycles. The number of aromatic nitrogens is 2. The molecule has 0 fully saturated rings. The van der Waals surface area contributed by atoms with Gasteiger partial charge in [0.05, 0.1) is 6.20 Å². The zero-order chi connectivity index (χ0) is 24.1. The van der Waals surface area contributed by atoms with Crippen molar-refractivity contribution in [2.45, 2.75) is 19.9 Å².